The number of aliphatic imine (C=N–C) groups is 1. The van der Waals surface area contributed by atoms with Crippen LogP contribution in [0, 0.1) is 6.92 Å². The predicted molar refractivity (Wildman–Crippen MR) is 87.5 cm³/mol. The fourth-order valence-electron chi connectivity index (χ4n) is 2.14. The molecule has 21 heavy (non-hydrogen) atoms. The molecule has 6 heteroatoms. The van der Waals surface area contributed by atoms with E-state index < -0.39 is 0 Å². The number of carbonyl (C=O) groups is 1. The molecule has 0 radical (unpaired) electrons. The summed E-state index contributed by atoms with van der Waals surface area (Å²) in [7, 11) is 0. The smallest absolute Gasteiger partial charge is 0.275 e. The lowest BCUT2D eigenvalue weighted by Gasteiger charge is -2.04. The molecule has 1 heterocycles. The molecule has 2 aromatic carbocycles. The lowest BCUT2D eigenvalue weighted by atomic mass is 10.1. The number of nitrogens with one attached hydrogen (secondary N) is 1. The van der Waals surface area contributed by atoms with Crippen LogP contribution in [0.15, 0.2) is 35.3 Å². The molecule has 2 aromatic rings. The minimum Gasteiger partial charge on any atom is -0.320 e. The van der Waals surface area contributed by atoms with Crippen molar-refractivity contribution in [3.8, 4) is 0 Å². The van der Waals surface area contributed by atoms with Crippen molar-refractivity contribution >= 4 is 57.8 Å². The summed E-state index contributed by atoms with van der Waals surface area (Å²) in [6.45, 7) is 1.84. The summed E-state index contributed by atoms with van der Waals surface area (Å²) < 4.78 is 0. The Labute approximate surface area is 136 Å². The lowest BCUT2D eigenvalue weighted by Crippen LogP contribution is -2.14. The summed E-state index contributed by atoms with van der Waals surface area (Å²) in [5.74, 6) is -0.286. The van der Waals surface area contributed by atoms with Gasteiger partial charge in [-0.15, -0.1) is 0 Å². The van der Waals surface area contributed by atoms with Gasteiger partial charge in [0.15, 0.2) is 0 Å². The first-order valence-corrected chi connectivity index (χ1v) is 7.25. The van der Waals surface area contributed by atoms with Gasteiger partial charge in [-0.3, -0.25) is 4.79 Å². The number of hydrogen-bond donors (Lipinski definition) is 1. The first-order chi connectivity index (χ1) is 9.97. The Kier molecular flexibility index (Phi) is 3.66. The molecule has 0 aliphatic carbocycles. The van der Waals surface area contributed by atoms with E-state index in [9.17, 15) is 4.79 Å². The van der Waals surface area contributed by atoms with Crippen molar-refractivity contribution < 1.29 is 4.79 Å². The number of benzene rings is 2. The maximum Gasteiger partial charge on any atom is 0.275 e. The summed E-state index contributed by atoms with van der Waals surface area (Å²) >= 11 is 18.1. The van der Waals surface area contributed by atoms with E-state index >= 15 is 0 Å². The standard InChI is InChI=1S/C15H9Cl3N2O/c1-7-10(17)5-3-9-13(7)20-15(21)14(9)19-12-6-8(16)2-4-11(12)18/h2-6H,1H3,(H,19,20,21). The van der Waals surface area contributed by atoms with Gasteiger partial charge in [-0.1, -0.05) is 34.8 Å². The minimum absolute atomic E-state index is 0.286. The van der Waals surface area contributed by atoms with Crippen molar-refractivity contribution in [2.45, 2.75) is 6.92 Å². The quantitative estimate of drug-likeness (QED) is 0.778. The molecule has 0 spiro atoms. The van der Waals surface area contributed by atoms with Gasteiger partial charge in [0.1, 0.15) is 5.71 Å². The Balaban J connectivity index is 2.17. The highest BCUT2D eigenvalue weighted by Gasteiger charge is 2.28. The molecule has 1 N–H and O–H groups in total. The zero-order chi connectivity index (χ0) is 15.1. The number of rotatable bonds is 1. The van der Waals surface area contributed by atoms with E-state index in [1.807, 2.05) is 6.92 Å². The number of fused-ring (bicyclic) bond motifs is 1. The predicted octanol–water partition coefficient (Wildman–Crippen LogP) is 5.03. The van der Waals surface area contributed by atoms with Gasteiger partial charge >= 0.3 is 0 Å². The molecule has 0 atom stereocenters. The first kappa shape index (κ1) is 14.4. The highest BCUT2D eigenvalue weighted by Crippen LogP contribution is 2.35. The summed E-state index contributed by atoms with van der Waals surface area (Å²) in [6.07, 6.45) is 0. The monoisotopic (exact) mass is 338 g/mol. The molecule has 0 unspecified atom stereocenters. The fraction of sp³-hybridized carbons (Fsp3) is 0.0667. The largest absolute Gasteiger partial charge is 0.320 e. The summed E-state index contributed by atoms with van der Waals surface area (Å²) in [5, 5.41) is 4.31. The topological polar surface area (TPSA) is 41.5 Å². The highest BCUT2D eigenvalue weighted by atomic mass is 35.5. The van der Waals surface area contributed by atoms with Crippen LogP contribution in [0.25, 0.3) is 0 Å². The number of carbonyl (C=O) groups excluding carboxylic acids is 1. The highest BCUT2D eigenvalue weighted by molar-refractivity contribution is 6.54. The van der Waals surface area contributed by atoms with Crippen molar-refractivity contribution in [3.05, 3.63) is 56.5 Å². The van der Waals surface area contributed by atoms with Crippen molar-refractivity contribution in [2.75, 3.05) is 5.32 Å². The zero-order valence-electron chi connectivity index (χ0n) is 10.9. The number of nitrogens with zero attached hydrogens (tertiary/aromatic N) is 1. The third kappa shape index (κ3) is 2.53. The van der Waals surface area contributed by atoms with E-state index in [4.69, 9.17) is 34.8 Å². The van der Waals surface area contributed by atoms with Gasteiger partial charge in [0, 0.05) is 15.6 Å². The van der Waals surface area contributed by atoms with Crippen LogP contribution >= 0.6 is 34.8 Å². The van der Waals surface area contributed by atoms with Crippen LogP contribution in [0.4, 0.5) is 11.4 Å². The molecule has 3 rings (SSSR count). The maximum atomic E-state index is 12.1. The van der Waals surface area contributed by atoms with Crippen molar-refractivity contribution in [2.24, 2.45) is 4.99 Å². The van der Waals surface area contributed by atoms with Gasteiger partial charge in [-0.05, 0) is 42.8 Å². The molecule has 0 saturated carbocycles. The van der Waals surface area contributed by atoms with Gasteiger partial charge in [-0.2, -0.15) is 0 Å². The Hall–Kier alpha value is -1.55. The number of halogens is 3. The summed E-state index contributed by atoms with van der Waals surface area (Å²) in [6, 6.07) is 8.43. The Bertz CT molecular complexity index is 800. The molecular formula is C15H9Cl3N2O. The average Bonchev–Trinajstić information content (AvgIpc) is 2.76. The third-order valence-electron chi connectivity index (χ3n) is 3.25. The molecular weight excluding hydrogens is 331 g/mol. The van der Waals surface area contributed by atoms with E-state index in [0.717, 1.165) is 5.56 Å². The molecule has 1 aliphatic heterocycles. The molecule has 0 aromatic heterocycles. The van der Waals surface area contributed by atoms with Gasteiger partial charge in [0.25, 0.3) is 5.91 Å². The van der Waals surface area contributed by atoms with Gasteiger partial charge in [0.2, 0.25) is 0 Å². The van der Waals surface area contributed by atoms with Crippen LogP contribution in [0.2, 0.25) is 15.1 Å². The number of amides is 1. The summed E-state index contributed by atoms with van der Waals surface area (Å²) in [4.78, 5) is 16.5. The lowest BCUT2D eigenvalue weighted by molar-refractivity contribution is -0.110. The van der Waals surface area contributed by atoms with E-state index in [-0.39, 0.29) is 5.91 Å². The molecule has 106 valence electrons. The maximum absolute atomic E-state index is 12.1. The zero-order valence-corrected chi connectivity index (χ0v) is 13.1. The molecule has 0 bridgehead atoms. The number of hydrogen-bond acceptors (Lipinski definition) is 2. The van der Waals surface area contributed by atoms with Crippen LogP contribution in [-0.2, 0) is 4.79 Å². The van der Waals surface area contributed by atoms with Crippen molar-refractivity contribution in [1.29, 1.82) is 0 Å². The second-order valence-corrected chi connectivity index (χ2v) is 5.86. The number of anilines is 1. The van der Waals surface area contributed by atoms with E-state index in [0.29, 0.717) is 37.7 Å². The van der Waals surface area contributed by atoms with E-state index in [1.165, 1.54) is 0 Å². The van der Waals surface area contributed by atoms with E-state index in [1.54, 1.807) is 30.3 Å². The van der Waals surface area contributed by atoms with Crippen LogP contribution in [0.3, 0.4) is 0 Å². The fourth-order valence-corrected chi connectivity index (χ4v) is 2.63. The van der Waals surface area contributed by atoms with Crippen LogP contribution < -0.4 is 5.32 Å². The van der Waals surface area contributed by atoms with Crippen molar-refractivity contribution in [3.63, 3.8) is 0 Å². The van der Waals surface area contributed by atoms with Gasteiger partial charge < -0.3 is 5.32 Å². The SMILES string of the molecule is Cc1c(Cl)ccc2c1NC(=O)C2=Nc1cc(Cl)ccc1Cl. The van der Waals surface area contributed by atoms with Gasteiger partial charge in [0.05, 0.1) is 16.4 Å². The minimum atomic E-state index is -0.286. The van der Waals surface area contributed by atoms with Gasteiger partial charge in [-0.25, -0.2) is 4.99 Å². The van der Waals surface area contributed by atoms with E-state index in [2.05, 4.69) is 10.3 Å². The Morgan fingerprint density at radius 3 is 2.52 bits per heavy atom. The second kappa shape index (κ2) is 5.34. The molecule has 0 saturated heterocycles. The molecule has 3 nitrogen and oxygen atoms in total. The third-order valence-corrected chi connectivity index (χ3v) is 4.21. The normalized spacial score (nSPS) is 15.2. The van der Waals surface area contributed by atoms with Crippen LogP contribution in [0.1, 0.15) is 11.1 Å². The second-order valence-electron chi connectivity index (χ2n) is 4.61. The van der Waals surface area contributed by atoms with Crippen LogP contribution in [-0.4, -0.2) is 11.6 Å². The summed E-state index contributed by atoms with van der Waals surface area (Å²) in [5.41, 5.74) is 2.95. The average molecular weight is 340 g/mol. The molecule has 1 amide bonds. The Morgan fingerprint density at radius 2 is 1.76 bits per heavy atom. The molecule has 0 fully saturated rings. The first-order valence-electron chi connectivity index (χ1n) is 6.12. The van der Waals surface area contributed by atoms with Crippen molar-refractivity contribution in [1.82, 2.24) is 0 Å². The molecule has 1 aliphatic rings. The Morgan fingerprint density at radius 1 is 1.05 bits per heavy atom. The van der Waals surface area contributed by atoms with Crippen LogP contribution in [0.5, 0.6) is 0 Å².